The van der Waals surface area contributed by atoms with Gasteiger partial charge in [-0.05, 0) is 46.6 Å². The van der Waals surface area contributed by atoms with Crippen LogP contribution in [0.25, 0.3) is 10.9 Å². The van der Waals surface area contributed by atoms with Crippen molar-refractivity contribution in [2.75, 3.05) is 6.61 Å². The van der Waals surface area contributed by atoms with Crippen LogP contribution in [0, 0.1) is 0 Å². The van der Waals surface area contributed by atoms with Gasteiger partial charge in [0, 0.05) is 17.3 Å². The van der Waals surface area contributed by atoms with E-state index in [2.05, 4.69) is 20.9 Å². The lowest BCUT2D eigenvalue weighted by atomic mass is 10.1. The highest BCUT2D eigenvalue weighted by Crippen LogP contribution is 2.30. The van der Waals surface area contributed by atoms with Crippen LogP contribution in [0.3, 0.4) is 0 Å². The standard InChI is InChI=1S/C13H15BrN2O3/c1-2-19-13(18)10(15)6-9-8-5-7(17)3-4-11(8)16-12(9)14/h3-5,10,16-17H,2,6,15H2,1H3/t10-/m0/s1. The fourth-order valence-electron chi connectivity index (χ4n) is 1.95. The number of carbonyl (C=O) groups excluding carboxylic acids is 1. The van der Waals surface area contributed by atoms with Gasteiger partial charge in [0.25, 0.3) is 0 Å². The van der Waals surface area contributed by atoms with E-state index in [0.717, 1.165) is 21.1 Å². The molecule has 0 unspecified atom stereocenters. The van der Waals surface area contributed by atoms with Gasteiger partial charge < -0.3 is 20.6 Å². The maximum absolute atomic E-state index is 11.6. The number of phenolic OH excluding ortho intramolecular Hbond substituents is 1. The summed E-state index contributed by atoms with van der Waals surface area (Å²) in [4.78, 5) is 14.7. The van der Waals surface area contributed by atoms with E-state index in [1.54, 1.807) is 25.1 Å². The molecular weight excluding hydrogens is 312 g/mol. The molecule has 102 valence electrons. The zero-order valence-corrected chi connectivity index (χ0v) is 12.0. The van der Waals surface area contributed by atoms with Gasteiger partial charge in [0.05, 0.1) is 11.2 Å². The summed E-state index contributed by atoms with van der Waals surface area (Å²) in [5, 5.41) is 10.4. The summed E-state index contributed by atoms with van der Waals surface area (Å²) in [6.07, 6.45) is 0.336. The molecule has 2 aromatic rings. The Kier molecular flexibility index (Phi) is 4.11. The maximum atomic E-state index is 11.6. The van der Waals surface area contributed by atoms with Gasteiger partial charge >= 0.3 is 5.97 Å². The molecule has 6 heteroatoms. The molecule has 0 fully saturated rings. The summed E-state index contributed by atoms with van der Waals surface area (Å²) in [6.45, 7) is 2.05. The molecule has 0 aliphatic carbocycles. The molecular formula is C13H15BrN2O3. The fraction of sp³-hybridized carbons (Fsp3) is 0.308. The van der Waals surface area contributed by atoms with Crippen LogP contribution in [0.4, 0.5) is 0 Å². The van der Waals surface area contributed by atoms with Gasteiger partial charge in [0.15, 0.2) is 0 Å². The summed E-state index contributed by atoms with van der Waals surface area (Å²) < 4.78 is 5.65. The van der Waals surface area contributed by atoms with Crippen molar-refractivity contribution < 1.29 is 14.6 Å². The number of fused-ring (bicyclic) bond motifs is 1. The van der Waals surface area contributed by atoms with Crippen molar-refractivity contribution in [1.82, 2.24) is 4.98 Å². The Morgan fingerprint density at radius 3 is 3.00 bits per heavy atom. The Morgan fingerprint density at radius 2 is 2.32 bits per heavy atom. The zero-order chi connectivity index (χ0) is 14.0. The third-order valence-corrected chi connectivity index (χ3v) is 3.53. The van der Waals surface area contributed by atoms with Gasteiger partial charge in [-0.15, -0.1) is 0 Å². The normalized spacial score (nSPS) is 12.6. The van der Waals surface area contributed by atoms with E-state index in [0.29, 0.717) is 13.0 Å². The Morgan fingerprint density at radius 1 is 1.58 bits per heavy atom. The van der Waals surface area contributed by atoms with Crippen molar-refractivity contribution >= 4 is 32.8 Å². The molecule has 0 spiro atoms. The monoisotopic (exact) mass is 326 g/mol. The second-order valence-corrected chi connectivity index (χ2v) is 5.00. The molecule has 1 aromatic heterocycles. The Bertz CT molecular complexity index is 609. The number of aromatic nitrogens is 1. The third kappa shape index (κ3) is 2.90. The largest absolute Gasteiger partial charge is 0.508 e. The average Bonchev–Trinajstić information content (AvgIpc) is 2.66. The first-order valence-electron chi connectivity index (χ1n) is 5.94. The number of rotatable bonds is 4. The summed E-state index contributed by atoms with van der Waals surface area (Å²) in [7, 11) is 0. The number of benzene rings is 1. The Balaban J connectivity index is 2.31. The molecule has 0 saturated carbocycles. The van der Waals surface area contributed by atoms with Crippen molar-refractivity contribution in [3.05, 3.63) is 28.4 Å². The summed E-state index contributed by atoms with van der Waals surface area (Å²) >= 11 is 3.41. The van der Waals surface area contributed by atoms with Crippen LogP contribution in [0.15, 0.2) is 22.8 Å². The highest BCUT2D eigenvalue weighted by Gasteiger charge is 2.19. The topological polar surface area (TPSA) is 88.3 Å². The van der Waals surface area contributed by atoms with Crippen LogP contribution in [0.1, 0.15) is 12.5 Å². The van der Waals surface area contributed by atoms with E-state index in [-0.39, 0.29) is 5.75 Å². The average molecular weight is 327 g/mol. The third-order valence-electron chi connectivity index (χ3n) is 2.85. The van der Waals surface area contributed by atoms with Gasteiger partial charge in [-0.25, -0.2) is 0 Å². The SMILES string of the molecule is CCOC(=O)[C@@H](N)Cc1c(Br)[nH]c2ccc(O)cc12. The summed E-state index contributed by atoms with van der Waals surface area (Å²) in [5.41, 5.74) is 7.54. The number of nitrogens with one attached hydrogen (secondary N) is 1. The van der Waals surface area contributed by atoms with Crippen LogP contribution in [0.2, 0.25) is 0 Å². The predicted octanol–water partition coefficient (Wildman–Crippen LogP) is 2.07. The van der Waals surface area contributed by atoms with E-state index in [9.17, 15) is 9.90 Å². The predicted molar refractivity (Wildman–Crippen MR) is 76.0 cm³/mol. The summed E-state index contributed by atoms with van der Waals surface area (Å²) in [5.74, 6) is -0.256. The molecule has 0 bridgehead atoms. The molecule has 1 atom stereocenters. The maximum Gasteiger partial charge on any atom is 0.323 e. The molecule has 4 N–H and O–H groups in total. The molecule has 5 nitrogen and oxygen atoms in total. The highest BCUT2D eigenvalue weighted by molar-refractivity contribution is 9.10. The number of aromatic hydroxyl groups is 1. The number of phenols is 1. The van der Waals surface area contributed by atoms with Gasteiger partial charge in [-0.3, -0.25) is 4.79 Å². The molecule has 0 radical (unpaired) electrons. The van der Waals surface area contributed by atoms with E-state index in [1.807, 2.05) is 0 Å². The number of halogens is 1. The number of ether oxygens (including phenoxy) is 1. The number of hydrogen-bond donors (Lipinski definition) is 3. The first-order valence-corrected chi connectivity index (χ1v) is 6.73. The molecule has 19 heavy (non-hydrogen) atoms. The molecule has 0 amide bonds. The smallest absolute Gasteiger partial charge is 0.323 e. The van der Waals surface area contributed by atoms with E-state index in [1.165, 1.54) is 0 Å². The van der Waals surface area contributed by atoms with Crippen LogP contribution in [-0.4, -0.2) is 28.7 Å². The van der Waals surface area contributed by atoms with Crippen molar-refractivity contribution in [2.24, 2.45) is 5.73 Å². The van der Waals surface area contributed by atoms with Crippen molar-refractivity contribution in [3.8, 4) is 5.75 Å². The molecule has 0 saturated heterocycles. The van der Waals surface area contributed by atoms with E-state index >= 15 is 0 Å². The lowest BCUT2D eigenvalue weighted by molar-refractivity contribution is -0.144. The van der Waals surface area contributed by atoms with Crippen molar-refractivity contribution in [2.45, 2.75) is 19.4 Å². The van der Waals surface area contributed by atoms with Crippen LogP contribution in [-0.2, 0) is 16.0 Å². The first-order chi connectivity index (χ1) is 9.02. The van der Waals surface area contributed by atoms with Gasteiger partial charge in [-0.2, -0.15) is 0 Å². The van der Waals surface area contributed by atoms with E-state index in [4.69, 9.17) is 10.5 Å². The van der Waals surface area contributed by atoms with Gasteiger partial charge in [0.1, 0.15) is 11.8 Å². The lowest BCUT2D eigenvalue weighted by Crippen LogP contribution is -2.34. The quantitative estimate of drug-likeness (QED) is 0.750. The van der Waals surface area contributed by atoms with Gasteiger partial charge in [0.2, 0.25) is 0 Å². The summed E-state index contributed by atoms with van der Waals surface area (Å²) in [6, 6.07) is 4.29. The molecule has 0 aliphatic heterocycles. The number of carbonyl (C=O) groups is 1. The number of nitrogens with two attached hydrogens (primary N) is 1. The molecule has 0 aliphatic rings. The minimum Gasteiger partial charge on any atom is -0.508 e. The minimum atomic E-state index is -0.724. The Labute approximate surface area is 118 Å². The molecule has 1 aromatic carbocycles. The van der Waals surface area contributed by atoms with Crippen LogP contribution in [0.5, 0.6) is 5.75 Å². The van der Waals surface area contributed by atoms with Crippen LogP contribution < -0.4 is 5.73 Å². The number of hydrogen-bond acceptors (Lipinski definition) is 4. The van der Waals surface area contributed by atoms with Crippen molar-refractivity contribution in [1.29, 1.82) is 0 Å². The minimum absolute atomic E-state index is 0.171. The molecule has 1 heterocycles. The van der Waals surface area contributed by atoms with E-state index < -0.39 is 12.0 Å². The Hall–Kier alpha value is -1.53. The second-order valence-electron chi connectivity index (χ2n) is 4.21. The van der Waals surface area contributed by atoms with Crippen molar-refractivity contribution in [3.63, 3.8) is 0 Å². The number of esters is 1. The zero-order valence-electron chi connectivity index (χ0n) is 10.4. The number of H-pyrrole nitrogens is 1. The highest BCUT2D eigenvalue weighted by atomic mass is 79.9. The first kappa shape index (κ1) is 13.9. The van der Waals surface area contributed by atoms with Gasteiger partial charge in [-0.1, -0.05) is 0 Å². The second kappa shape index (κ2) is 5.63. The van der Waals surface area contributed by atoms with Crippen LogP contribution >= 0.6 is 15.9 Å². The number of aromatic amines is 1. The molecule has 2 rings (SSSR count). The lowest BCUT2D eigenvalue weighted by Gasteiger charge is -2.10. The fourth-order valence-corrected chi connectivity index (χ4v) is 2.54.